The zero-order chi connectivity index (χ0) is 38.9. The van der Waals surface area contributed by atoms with Gasteiger partial charge in [0.2, 0.25) is 11.6 Å². The molecule has 5 aromatic rings. The van der Waals surface area contributed by atoms with Gasteiger partial charge in [-0.05, 0) is 55.0 Å². The molecule has 2 heterocycles. The lowest BCUT2D eigenvalue weighted by atomic mass is 9.80. The molecule has 54 heavy (non-hydrogen) atoms. The average molecular weight is 758 g/mol. The van der Waals surface area contributed by atoms with E-state index in [1.165, 1.54) is 21.7 Å². The second-order valence-corrected chi connectivity index (χ2v) is 11.9. The van der Waals surface area contributed by atoms with Gasteiger partial charge in [-0.1, -0.05) is 36.4 Å². The number of likely N-dealkylation sites (N-methyl/N-ethyl adjacent to an activating group) is 1. The molecule has 0 unspecified atom stereocenters. The maximum Gasteiger partial charge on any atom is 0.416 e. The number of rotatable bonds is 10. The van der Waals surface area contributed by atoms with E-state index in [4.69, 9.17) is 4.74 Å². The van der Waals surface area contributed by atoms with Gasteiger partial charge < -0.3 is 15.4 Å². The second kappa shape index (κ2) is 15.0. The fraction of sp³-hybridized carbons (Fsp3) is 0.189. The minimum Gasteiger partial charge on any atom is -0.477 e. The van der Waals surface area contributed by atoms with Gasteiger partial charge in [0.1, 0.15) is 17.7 Å². The van der Waals surface area contributed by atoms with Crippen LogP contribution in [0.25, 0.3) is 5.69 Å². The number of ether oxygens (including phenoxy) is 1. The van der Waals surface area contributed by atoms with Gasteiger partial charge in [0.05, 0.1) is 23.5 Å². The highest BCUT2D eigenvalue weighted by molar-refractivity contribution is 6.05. The molecule has 280 valence electrons. The van der Waals surface area contributed by atoms with E-state index in [-0.39, 0.29) is 35.2 Å². The summed E-state index contributed by atoms with van der Waals surface area (Å²) >= 11 is 0. The first-order valence-corrected chi connectivity index (χ1v) is 16.1. The SMILES string of the molecule is CCN1C(=O)[C@@H](NC(=O)c2cccc(C(F)(F)F)c2)[C@@H](c2ccc(F)cc2)c2c(CNC(=O)COc3c(F)c(F)cc(F)c3F)nn(-c3ccccc3)c21. The Labute approximate surface area is 301 Å². The standard InChI is InChI=1S/C37H27F8N5O4/c1-2-49-35-29(28(19-11-13-22(38)14-12-19)32(36(49)53)47-34(52)20-7-6-8-21(15-20)37(43,44)45)26(48-50(35)23-9-4-3-5-10-23)17-46-27(51)18-54-33-30(41)24(39)16-25(40)31(33)42/h3-16,28,32H,2,17-18H2,1H3,(H,46,51)(H,47,52)/t28-,32-/m0/s1. The van der Waals surface area contributed by atoms with Crippen molar-refractivity contribution in [3.05, 3.63) is 142 Å². The van der Waals surface area contributed by atoms with E-state index < -0.39 is 95.0 Å². The number of para-hydroxylation sites is 1. The Morgan fingerprint density at radius 3 is 2.17 bits per heavy atom. The molecule has 0 radical (unpaired) electrons. The van der Waals surface area contributed by atoms with Crippen molar-refractivity contribution in [2.75, 3.05) is 18.1 Å². The number of hydrogen-bond donors (Lipinski definition) is 2. The number of hydrogen-bond acceptors (Lipinski definition) is 5. The smallest absolute Gasteiger partial charge is 0.416 e. The number of fused-ring (bicyclic) bond motifs is 1. The fourth-order valence-electron chi connectivity index (χ4n) is 6.09. The summed E-state index contributed by atoms with van der Waals surface area (Å²) in [6.07, 6.45) is -4.77. The van der Waals surface area contributed by atoms with Crippen molar-refractivity contribution in [1.82, 2.24) is 20.4 Å². The number of halogens is 8. The lowest BCUT2D eigenvalue weighted by molar-refractivity contribution is -0.137. The predicted octanol–water partition coefficient (Wildman–Crippen LogP) is 6.58. The Balaban J connectivity index is 1.42. The van der Waals surface area contributed by atoms with E-state index in [1.54, 1.807) is 37.3 Å². The van der Waals surface area contributed by atoms with E-state index in [2.05, 4.69) is 15.7 Å². The van der Waals surface area contributed by atoms with Crippen molar-refractivity contribution in [2.45, 2.75) is 31.6 Å². The normalized spacial score (nSPS) is 15.5. The van der Waals surface area contributed by atoms with Gasteiger partial charge in [0, 0.05) is 29.7 Å². The van der Waals surface area contributed by atoms with Crippen molar-refractivity contribution >= 4 is 23.5 Å². The first-order chi connectivity index (χ1) is 25.7. The third-order valence-corrected chi connectivity index (χ3v) is 8.56. The Morgan fingerprint density at radius 1 is 0.870 bits per heavy atom. The van der Waals surface area contributed by atoms with Gasteiger partial charge in [0.15, 0.2) is 24.0 Å². The summed E-state index contributed by atoms with van der Waals surface area (Å²) < 4.78 is 117. The average Bonchev–Trinajstić information content (AvgIpc) is 3.52. The van der Waals surface area contributed by atoms with Gasteiger partial charge in [-0.3, -0.25) is 19.3 Å². The molecule has 17 heteroatoms. The van der Waals surface area contributed by atoms with E-state index >= 15 is 0 Å². The summed E-state index contributed by atoms with van der Waals surface area (Å²) in [5, 5.41) is 9.69. The molecule has 0 bridgehead atoms. The number of alkyl halides is 3. The van der Waals surface area contributed by atoms with Crippen LogP contribution >= 0.6 is 0 Å². The van der Waals surface area contributed by atoms with Crippen molar-refractivity contribution in [2.24, 2.45) is 0 Å². The molecule has 1 aromatic heterocycles. The third kappa shape index (κ3) is 7.33. The summed E-state index contributed by atoms with van der Waals surface area (Å²) in [5.41, 5.74) is -0.454. The number of nitrogens with one attached hydrogen (secondary N) is 2. The molecular formula is C37H27F8N5O4. The Hall–Kier alpha value is -6.26. The largest absolute Gasteiger partial charge is 0.477 e. The van der Waals surface area contributed by atoms with Gasteiger partial charge in [0.25, 0.3) is 17.7 Å². The van der Waals surface area contributed by atoms with Crippen molar-refractivity contribution in [1.29, 1.82) is 0 Å². The topological polar surface area (TPSA) is 106 Å². The predicted molar refractivity (Wildman–Crippen MR) is 176 cm³/mol. The minimum absolute atomic E-state index is 0.00259. The van der Waals surface area contributed by atoms with Crippen LogP contribution < -0.4 is 20.3 Å². The van der Waals surface area contributed by atoms with Gasteiger partial charge in [-0.2, -0.15) is 27.1 Å². The first-order valence-electron chi connectivity index (χ1n) is 16.1. The summed E-state index contributed by atoms with van der Waals surface area (Å²) in [7, 11) is 0. The molecule has 9 nitrogen and oxygen atoms in total. The number of anilines is 1. The number of aromatic nitrogens is 2. The molecule has 3 amide bonds. The molecule has 2 atom stereocenters. The molecule has 2 N–H and O–H groups in total. The first kappa shape index (κ1) is 37.5. The van der Waals surface area contributed by atoms with E-state index in [0.29, 0.717) is 11.8 Å². The zero-order valence-electron chi connectivity index (χ0n) is 27.9. The van der Waals surface area contributed by atoms with Crippen LogP contribution in [0.15, 0.2) is 84.9 Å². The molecule has 0 aliphatic carbocycles. The van der Waals surface area contributed by atoms with E-state index in [9.17, 15) is 49.5 Å². The molecule has 1 aliphatic rings. The van der Waals surface area contributed by atoms with Gasteiger partial charge in [-0.15, -0.1) is 0 Å². The van der Waals surface area contributed by atoms with Crippen LogP contribution in [0.4, 0.5) is 40.9 Å². The van der Waals surface area contributed by atoms with Crippen LogP contribution in [0, 0.1) is 29.1 Å². The molecule has 0 spiro atoms. The highest BCUT2D eigenvalue weighted by Gasteiger charge is 2.46. The maximum atomic E-state index is 14.4. The highest BCUT2D eigenvalue weighted by Crippen LogP contribution is 2.44. The van der Waals surface area contributed by atoms with Crippen LogP contribution in [0.2, 0.25) is 0 Å². The molecule has 0 saturated heterocycles. The summed E-state index contributed by atoms with van der Waals surface area (Å²) in [6.45, 7) is 0.0666. The summed E-state index contributed by atoms with van der Waals surface area (Å²) in [5.74, 6) is -13.0. The van der Waals surface area contributed by atoms with Crippen LogP contribution in [0.1, 0.15) is 45.6 Å². The quantitative estimate of drug-likeness (QED) is 0.124. The summed E-state index contributed by atoms with van der Waals surface area (Å²) in [6, 6.07) is 15.4. The van der Waals surface area contributed by atoms with Crippen LogP contribution in [-0.2, 0) is 22.3 Å². The van der Waals surface area contributed by atoms with Gasteiger partial charge >= 0.3 is 6.18 Å². The molecule has 6 rings (SSSR count). The fourth-order valence-corrected chi connectivity index (χ4v) is 6.09. The van der Waals surface area contributed by atoms with Crippen LogP contribution in [0.3, 0.4) is 0 Å². The van der Waals surface area contributed by atoms with Crippen LogP contribution in [-0.4, -0.2) is 46.7 Å². The molecule has 1 aliphatic heterocycles. The lowest BCUT2D eigenvalue weighted by Gasteiger charge is -2.38. The van der Waals surface area contributed by atoms with Gasteiger partial charge in [-0.25, -0.2) is 17.9 Å². The maximum absolute atomic E-state index is 14.4. The number of nitrogens with zero attached hydrogens (tertiary/aromatic N) is 3. The number of benzene rings is 4. The number of carbonyl (C=O) groups excluding carboxylic acids is 3. The molecule has 4 aromatic carbocycles. The van der Waals surface area contributed by atoms with Crippen molar-refractivity contribution < 1.29 is 54.2 Å². The zero-order valence-corrected chi connectivity index (χ0v) is 27.9. The third-order valence-electron chi connectivity index (χ3n) is 8.56. The molecule has 0 saturated carbocycles. The Bertz CT molecular complexity index is 2200. The Kier molecular flexibility index (Phi) is 10.4. The Morgan fingerprint density at radius 2 is 1.54 bits per heavy atom. The van der Waals surface area contributed by atoms with E-state index in [1.807, 2.05) is 0 Å². The van der Waals surface area contributed by atoms with E-state index in [0.717, 1.165) is 30.3 Å². The monoisotopic (exact) mass is 757 g/mol. The second-order valence-electron chi connectivity index (χ2n) is 11.9. The van der Waals surface area contributed by atoms with Crippen molar-refractivity contribution in [3.8, 4) is 11.4 Å². The minimum atomic E-state index is -4.77. The highest BCUT2D eigenvalue weighted by atomic mass is 19.4. The number of carbonyl (C=O) groups is 3. The van der Waals surface area contributed by atoms with Crippen molar-refractivity contribution in [3.63, 3.8) is 0 Å². The summed E-state index contributed by atoms with van der Waals surface area (Å²) in [4.78, 5) is 42.1. The molecular weight excluding hydrogens is 730 g/mol. The van der Waals surface area contributed by atoms with Crippen LogP contribution in [0.5, 0.6) is 5.75 Å². The molecule has 0 fully saturated rings. The number of amides is 3. The lowest BCUT2D eigenvalue weighted by Crippen LogP contribution is -2.55.